The average Bonchev–Trinajstić information content (AvgIpc) is 2.13. The van der Waals surface area contributed by atoms with Crippen molar-refractivity contribution in [2.24, 2.45) is 0 Å². The van der Waals surface area contributed by atoms with Crippen LogP contribution in [0.5, 0.6) is 0 Å². The van der Waals surface area contributed by atoms with Crippen molar-refractivity contribution in [2.45, 2.75) is 29.4 Å². The molecule has 1 aliphatic carbocycles. The Balaban J connectivity index is 2.30. The number of alkyl halides is 1. The summed E-state index contributed by atoms with van der Waals surface area (Å²) >= 11 is 2.55. The molecule has 0 aromatic carbocycles. The van der Waals surface area contributed by atoms with Gasteiger partial charge < -0.3 is 0 Å². The quantitative estimate of drug-likeness (QED) is 0.350. The highest BCUT2D eigenvalue weighted by Crippen LogP contribution is 2.55. The lowest BCUT2D eigenvalue weighted by atomic mass is 9.75. The molecule has 0 aromatic rings. The summed E-state index contributed by atoms with van der Waals surface area (Å²) in [6, 6.07) is 0. The van der Waals surface area contributed by atoms with Crippen LogP contribution in [0.3, 0.4) is 0 Å². The topological polar surface area (TPSA) is 0 Å². The first-order chi connectivity index (χ1) is 3.17. The van der Waals surface area contributed by atoms with Gasteiger partial charge in [-0.2, -0.15) is 0 Å². The van der Waals surface area contributed by atoms with Gasteiger partial charge in [0, 0.05) is 3.42 Å². The first kappa shape index (κ1) is 5.92. The second-order valence-electron chi connectivity index (χ2n) is 2.59. The molecule has 0 heterocycles. The minimum absolute atomic E-state index is 0.687. The van der Waals surface area contributed by atoms with Crippen LogP contribution in [0.25, 0.3) is 0 Å². The first-order valence-electron chi connectivity index (χ1n) is 2.85. The van der Waals surface area contributed by atoms with E-state index in [1.807, 2.05) is 0 Å². The summed E-state index contributed by atoms with van der Waals surface area (Å²) in [4.78, 5) is 0. The molecule has 2 unspecified atom stereocenters. The van der Waals surface area contributed by atoms with Crippen molar-refractivity contribution in [3.63, 3.8) is 0 Å². The Kier molecular flexibility index (Phi) is 1.39. The average molecular weight is 208 g/mol. The lowest BCUT2D eigenvalue weighted by Gasteiger charge is -1.92. The summed E-state index contributed by atoms with van der Waals surface area (Å²) in [5, 5.41) is 0. The van der Waals surface area contributed by atoms with E-state index in [4.69, 9.17) is 0 Å². The van der Waals surface area contributed by atoms with Crippen LogP contribution in [-0.4, -0.2) is 10.7 Å². The summed E-state index contributed by atoms with van der Waals surface area (Å²) in [6.07, 6.45) is 1.45. The van der Waals surface area contributed by atoms with Crippen LogP contribution in [0, 0.1) is 0 Å². The normalized spacial score (nSPS) is 48.7. The highest BCUT2D eigenvalue weighted by molar-refractivity contribution is 14.1. The van der Waals surface area contributed by atoms with Gasteiger partial charge in [0.15, 0.2) is 0 Å². The molecular formula is C5H10BI. The third kappa shape index (κ3) is 1.12. The molecule has 0 aromatic heterocycles. The van der Waals surface area contributed by atoms with Crippen molar-refractivity contribution in [1.82, 2.24) is 0 Å². The Labute approximate surface area is 59.4 Å². The molecule has 1 fully saturated rings. The summed E-state index contributed by atoms with van der Waals surface area (Å²) in [7, 11) is 1.37. The van der Waals surface area contributed by atoms with E-state index in [2.05, 4.69) is 36.3 Å². The maximum Gasteiger partial charge on any atom is 0.122 e. The molecule has 2 atom stereocenters. The summed E-state index contributed by atoms with van der Waals surface area (Å²) < 4.78 is 0.687. The van der Waals surface area contributed by atoms with Crippen molar-refractivity contribution in [1.29, 1.82) is 0 Å². The van der Waals surface area contributed by atoms with Crippen LogP contribution >= 0.6 is 22.6 Å². The molecule has 1 saturated carbocycles. The minimum atomic E-state index is 0.687. The highest BCUT2D eigenvalue weighted by Gasteiger charge is 2.45. The van der Waals surface area contributed by atoms with Crippen molar-refractivity contribution >= 4 is 29.9 Å². The Morgan fingerprint density at radius 3 is 2.29 bits per heavy atom. The third-order valence-corrected chi connectivity index (χ3v) is 3.15. The van der Waals surface area contributed by atoms with Crippen molar-refractivity contribution < 1.29 is 0 Å². The Morgan fingerprint density at radius 1 is 1.86 bits per heavy atom. The molecule has 2 heteroatoms. The zero-order chi connectivity index (χ0) is 5.49. The van der Waals surface area contributed by atoms with Gasteiger partial charge in [-0.1, -0.05) is 42.2 Å². The Morgan fingerprint density at radius 2 is 2.29 bits per heavy atom. The molecule has 0 saturated heterocycles. The fourth-order valence-electron chi connectivity index (χ4n) is 0.993. The number of hydrogen-bond donors (Lipinski definition) is 0. The molecule has 1 rings (SSSR count). The molecule has 1 aliphatic rings. The molecule has 0 spiro atoms. The fraction of sp³-hybridized carbons (Fsp3) is 1.00. The van der Waals surface area contributed by atoms with Gasteiger partial charge in [0.2, 0.25) is 0 Å². The molecule has 40 valence electrons. The van der Waals surface area contributed by atoms with Crippen molar-refractivity contribution in [2.75, 3.05) is 0 Å². The van der Waals surface area contributed by atoms with E-state index < -0.39 is 0 Å². The van der Waals surface area contributed by atoms with Crippen LogP contribution in [0.2, 0.25) is 12.6 Å². The van der Waals surface area contributed by atoms with Crippen LogP contribution in [0.4, 0.5) is 0 Å². The standard InChI is InChI=1S/C5H10BI/c1-5(7)3-4(5)6-2/h4,6H,3H2,1-2H3. The SMILES string of the molecule is CBC1CC1(C)I. The van der Waals surface area contributed by atoms with Crippen molar-refractivity contribution in [3.05, 3.63) is 0 Å². The number of rotatable bonds is 1. The predicted molar refractivity (Wildman–Crippen MR) is 43.8 cm³/mol. The van der Waals surface area contributed by atoms with Crippen LogP contribution in [-0.2, 0) is 0 Å². The number of halogens is 1. The summed E-state index contributed by atoms with van der Waals surface area (Å²) in [6.45, 7) is 4.61. The summed E-state index contributed by atoms with van der Waals surface area (Å²) in [5.41, 5.74) is 0. The molecule has 7 heavy (non-hydrogen) atoms. The second kappa shape index (κ2) is 1.64. The van der Waals surface area contributed by atoms with Gasteiger partial charge >= 0.3 is 0 Å². The maximum absolute atomic E-state index is 2.55. The van der Waals surface area contributed by atoms with E-state index in [9.17, 15) is 0 Å². The molecule has 0 amide bonds. The molecular weight excluding hydrogens is 198 g/mol. The van der Waals surface area contributed by atoms with E-state index >= 15 is 0 Å². The van der Waals surface area contributed by atoms with Gasteiger partial charge in [-0.15, -0.1) is 0 Å². The largest absolute Gasteiger partial charge is 0.122 e. The Hall–Kier alpha value is 0.795. The smallest absolute Gasteiger partial charge is 0.0891 e. The molecule has 0 nitrogen and oxygen atoms in total. The molecule has 0 bridgehead atoms. The Bertz CT molecular complexity index is 80.1. The van der Waals surface area contributed by atoms with Gasteiger partial charge in [-0.05, 0) is 6.42 Å². The zero-order valence-electron chi connectivity index (χ0n) is 4.87. The van der Waals surface area contributed by atoms with Gasteiger partial charge in [0.25, 0.3) is 0 Å². The minimum Gasteiger partial charge on any atom is -0.0891 e. The predicted octanol–water partition coefficient (Wildman–Crippen LogP) is 1.86. The van der Waals surface area contributed by atoms with Crippen LogP contribution in [0.1, 0.15) is 13.3 Å². The van der Waals surface area contributed by atoms with E-state index in [1.54, 1.807) is 0 Å². The van der Waals surface area contributed by atoms with E-state index in [0.29, 0.717) is 3.42 Å². The first-order valence-corrected chi connectivity index (χ1v) is 3.93. The fourth-order valence-corrected chi connectivity index (χ4v) is 1.96. The third-order valence-electron chi connectivity index (χ3n) is 1.83. The number of hydrogen-bond acceptors (Lipinski definition) is 0. The lowest BCUT2D eigenvalue weighted by Crippen LogP contribution is -1.91. The van der Waals surface area contributed by atoms with E-state index in [0.717, 1.165) is 5.82 Å². The monoisotopic (exact) mass is 208 g/mol. The molecule has 0 radical (unpaired) electrons. The van der Waals surface area contributed by atoms with Crippen LogP contribution < -0.4 is 0 Å². The maximum atomic E-state index is 2.55. The zero-order valence-corrected chi connectivity index (χ0v) is 7.03. The lowest BCUT2D eigenvalue weighted by molar-refractivity contribution is 1.10. The van der Waals surface area contributed by atoms with E-state index in [-0.39, 0.29) is 0 Å². The summed E-state index contributed by atoms with van der Waals surface area (Å²) in [5.74, 6) is 1.04. The molecule has 0 aliphatic heterocycles. The van der Waals surface area contributed by atoms with E-state index in [1.165, 1.54) is 13.7 Å². The van der Waals surface area contributed by atoms with Gasteiger partial charge in [0.1, 0.15) is 7.28 Å². The van der Waals surface area contributed by atoms with Crippen molar-refractivity contribution in [3.8, 4) is 0 Å². The molecule has 0 N–H and O–H groups in total. The van der Waals surface area contributed by atoms with Gasteiger partial charge in [-0.3, -0.25) is 0 Å². The second-order valence-corrected chi connectivity index (χ2v) is 5.05. The highest BCUT2D eigenvalue weighted by atomic mass is 127. The van der Waals surface area contributed by atoms with Crippen LogP contribution in [0.15, 0.2) is 0 Å². The van der Waals surface area contributed by atoms with Gasteiger partial charge in [-0.25, -0.2) is 0 Å². The van der Waals surface area contributed by atoms with Gasteiger partial charge in [0.05, 0.1) is 0 Å².